The summed E-state index contributed by atoms with van der Waals surface area (Å²) >= 11 is 0. The highest BCUT2D eigenvalue weighted by Crippen LogP contribution is 2.44. The smallest absolute Gasteiger partial charge is 0.137 e. The second-order valence-electron chi connectivity index (χ2n) is 15.1. The van der Waals surface area contributed by atoms with Gasteiger partial charge in [-0.05, 0) is 85.5 Å². The minimum absolute atomic E-state index is 0.163. The number of para-hydroxylation sites is 1. The molecule has 242 valence electrons. The molecular formula is C43H44N4O. The molecule has 7 aromatic rings. The standard InChI is InChI=1S/C43H44N4O/c1-27-22-23-44-37(24-27)46-35-19-11-10-18-33(35)34-21-20-32(26-36(34)46)48-31-17-13-16-30(25-31)47-41(43(7,8)9)39(40(45-47)42(4,5)6)38-28(2)14-12-15-29(38)3/h10-26H,1-9H3. The average molecular weight is 633 g/mol. The zero-order valence-corrected chi connectivity index (χ0v) is 29.5. The number of aryl methyl sites for hydroxylation is 3. The molecule has 48 heavy (non-hydrogen) atoms. The van der Waals surface area contributed by atoms with E-state index < -0.39 is 0 Å². The number of rotatable bonds is 5. The van der Waals surface area contributed by atoms with Crippen LogP contribution in [0.5, 0.6) is 11.5 Å². The maximum atomic E-state index is 6.64. The zero-order valence-electron chi connectivity index (χ0n) is 29.5. The summed E-state index contributed by atoms with van der Waals surface area (Å²) in [6.07, 6.45) is 1.87. The highest BCUT2D eigenvalue weighted by Gasteiger charge is 2.34. The summed E-state index contributed by atoms with van der Waals surface area (Å²) in [4.78, 5) is 4.74. The van der Waals surface area contributed by atoms with E-state index in [1.807, 2.05) is 18.3 Å². The molecule has 4 aromatic carbocycles. The lowest BCUT2D eigenvalue weighted by atomic mass is 9.79. The Bertz CT molecular complexity index is 2300. The van der Waals surface area contributed by atoms with Gasteiger partial charge in [-0.2, -0.15) is 5.10 Å². The number of fused-ring (bicyclic) bond motifs is 3. The Kier molecular flexibility index (Phi) is 7.54. The lowest BCUT2D eigenvalue weighted by Crippen LogP contribution is -2.19. The Morgan fingerprint density at radius 3 is 2.00 bits per heavy atom. The lowest BCUT2D eigenvalue weighted by Gasteiger charge is -2.25. The fourth-order valence-electron chi connectivity index (χ4n) is 6.99. The summed E-state index contributed by atoms with van der Waals surface area (Å²) in [6, 6.07) is 33.8. The molecule has 0 atom stereocenters. The predicted molar refractivity (Wildman–Crippen MR) is 199 cm³/mol. The monoisotopic (exact) mass is 632 g/mol. The molecule has 0 saturated heterocycles. The van der Waals surface area contributed by atoms with Gasteiger partial charge in [0.25, 0.3) is 0 Å². The first-order chi connectivity index (χ1) is 22.8. The van der Waals surface area contributed by atoms with Crippen molar-refractivity contribution in [3.8, 4) is 34.1 Å². The van der Waals surface area contributed by atoms with Crippen molar-refractivity contribution in [2.24, 2.45) is 0 Å². The van der Waals surface area contributed by atoms with Crippen LogP contribution in [0.2, 0.25) is 0 Å². The number of pyridine rings is 1. The van der Waals surface area contributed by atoms with Gasteiger partial charge in [-0.15, -0.1) is 0 Å². The quantitative estimate of drug-likeness (QED) is 0.190. The van der Waals surface area contributed by atoms with Gasteiger partial charge in [0, 0.05) is 45.5 Å². The highest BCUT2D eigenvalue weighted by atomic mass is 16.5. The van der Waals surface area contributed by atoms with Crippen molar-refractivity contribution in [3.63, 3.8) is 0 Å². The second kappa shape index (κ2) is 11.5. The van der Waals surface area contributed by atoms with Crippen molar-refractivity contribution in [2.75, 3.05) is 0 Å². The van der Waals surface area contributed by atoms with E-state index >= 15 is 0 Å². The van der Waals surface area contributed by atoms with Gasteiger partial charge in [-0.3, -0.25) is 4.57 Å². The van der Waals surface area contributed by atoms with E-state index in [2.05, 4.69) is 156 Å². The SMILES string of the molecule is Cc1ccnc(-n2c3ccccc3c3ccc(Oc4cccc(-n5nc(C(C)(C)C)c(-c6c(C)cccc6C)c5C(C)(C)C)c4)cc32)c1. The highest BCUT2D eigenvalue weighted by molar-refractivity contribution is 6.09. The number of hydrogen-bond acceptors (Lipinski definition) is 3. The van der Waals surface area contributed by atoms with Crippen molar-refractivity contribution in [1.29, 1.82) is 0 Å². The van der Waals surface area contributed by atoms with Crippen LogP contribution >= 0.6 is 0 Å². The van der Waals surface area contributed by atoms with E-state index in [-0.39, 0.29) is 10.8 Å². The third kappa shape index (κ3) is 5.47. The summed E-state index contributed by atoms with van der Waals surface area (Å²) in [6.45, 7) is 20.1. The maximum Gasteiger partial charge on any atom is 0.137 e. The molecule has 0 spiro atoms. The lowest BCUT2D eigenvalue weighted by molar-refractivity contribution is 0.482. The molecule has 0 aliphatic heterocycles. The van der Waals surface area contributed by atoms with E-state index in [4.69, 9.17) is 14.8 Å². The molecule has 0 fully saturated rings. The molecule has 5 heteroatoms. The van der Waals surface area contributed by atoms with Gasteiger partial charge in [0.2, 0.25) is 0 Å². The van der Waals surface area contributed by atoms with Crippen molar-refractivity contribution in [1.82, 2.24) is 19.3 Å². The third-order valence-electron chi connectivity index (χ3n) is 9.11. The van der Waals surface area contributed by atoms with Crippen molar-refractivity contribution >= 4 is 21.8 Å². The van der Waals surface area contributed by atoms with Crippen LogP contribution in [-0.2, 0) is 10.8 Å². The zero-order chi connectivity index (χ0) is 34.0. The molecule has 3 aromatic heterocycles. The minimum atomic E-state index is -0.181. The van der Waals surface area contributed by atoms with Crippen LogP contribution in [0.25, 0.3) is 44.4 Å². The summed E-state index contributed by atoms with van der Waals surface area (Å²) in [5.41, 5.74) is 11.3. The molecular weight excluding hydrogens is 589 g/mol. The largest absolute Gasteiger partial charge is 0.457 e. The fraction of sp³-hybridized carbons (Fsp3) is 0.256. The van der Waals surface area contributed by atoms with Crippen LogP contribution in [-0.4, -0.2) is 19.3 Å². The number of benzene rings is 4. The Morgan fingerprint density at radius 1 is 0.604 bits per heavy atom. The summed E-state index contributed by atoms with van der Waals surface area (Å²) in [5.74, 6) is 2.41. The molecule has 0 amide bonds. The van der Waals surface area contributed by atoms with Gasteiger partial charge in [0.05, 0.1) is 28.1 Å². The van der Waals surface area contributed by atoms with Gasteiger partial charge in [-0.1, -0.05) is 84.0 Å². The number of aromatic nitrogens is 4. The number of ether oxygens (including phenoxy) is 1. The van der Waals surface area contributed by atoms with Crippen LogP contribution in [0.3, 0.4) is 0 Å². The molecule has 0 unspecified atom stereocenters. The Labute approximate surface area is 283 Å². The Morgan fingerprint density at radius 2 is 1.29 bits per heavy atom. The summed E-state index contributed by atoms with van der Waals surface area (Å²) in [5, 5.41) is 7.74. The molecule has 0 saturated carbocycles. The first-order valence-corrected chi connectivity index (χ1v) is 16.8. The first-order valence-electron chi connectivity index (χ1n) is 16.8. The molecule has 3 heterocycles. The van der Waals surface area contributed by atoms with Gasteiger partial charge in [0.15, 0.2) is 0 Å². The summed E-state index contributed by atoms with van der Waals surface area (Å²) in [7, 11) is 0. The average Bonchev–Trinajstić information content (AvgIpc) is 3.58. The molecule has 7 rings (SSSR count). The van der Waals surface area contributed by atoms with Crippen LogP contribution < -0.4 is 4.74 Å². The third-order valence-corrected chi connectivity index (χ3v) is 9.11. The van der Waals surface area contributed by atoms with Crippen molar-refractivity contribution in [2.45, 2.75) is 73.1 Å². The van der Waals surface area contributed by atoms with E-state index in [1.165, 1.54) is 38.9 Å². The van der Waals surface area contributed by atoms with E-state index in [0.29, 0.717) is 0 Å². The van der Waals surface area contributed by atoms with Gasteiger partial charge < -0.3 is 4.74 Å². The van der Waals surface area contributed by atoms with Gasteiger partial charge in [0.1, 0.15) is 17.3 Å². The molecule has 0 aliphatic carbocycles. The van der Waals surface area contributed by atoms with Crippen molar-refractivity contribution in [3.05, 3.63) is 131 Å². The second-order valence-corrected chi connectivity index (χ2v) is 15.1. The van der Waals surface area contributed by atoms with Gasteiger partial charge in [-0.25, -0.2) is 9.67 Å². The normalized spacial score (nSPS) is 12.3. The van der Waals surface area contributed by atoms with E-state index in [9.17, 15) is 0 Å². The van der Waals surface area contributed by atoms with Gasteiger partial charge >= 0.3 is 0 Å². The molecule has 0 N–H and O–H groups in total. The van der Waals surface area contributed by atoms with E-state index in [0.717, 1.165) is 45.1 Å². The number of hydrogen-bond donors (Lipinski definition) is 0. The molecule has 0 radical (unpaired) electrons. The van der Waals surface area contributed by atoms with Crippen LogP contribution in [0.15, 0.2) is 103 Å². The van der Waals surface area contributed by atoms with Crippen LogP contribution in [0.1, 0.15) is 69.6 Å². The van der Waals surface area contributed by atoms with Crippen LogP contribution in [0, 0.1) is 20.8 Å². The van der Waals surface area contributed by atoms with E-state index in [1.54, 1.807) is 0 Å². The van der Waals surface area contributed by atoms with Crippen LogP contribution in [0.4, 0.5) is 0 Å². The predicted octanol–water partition coefficient (Wildman–Crippen LogP) is 11.3. The Balaban J connectivity index is 1.36. The summed E-state index contributed by atoms with van der Waals surface area (Å²) < 4.78 is 11.0. The molecule has 5 nitrogen and oxygen atoms in total. The van der Waals surface area contributed by atoms with Crippen molar-refractivity contribution < 1.29 is 4.74 Å². The number of nitrogens with zero attached hydrogens (tertiary/aromatic N) is 4. The Hall–Kier alpha value is -5.16. The minimum Gasteiger partial charge on any atom is -0.457 e. The first kappa shape index (κ1) is 31.4. The fourth-order valence-corrected chi connectivity index (χ4v) is 6.99. The maximum absolute atomic E-state index is 6.64. The topological polar surface area (TPSA) is 44.9 Å². The molecule has 0 aliphatic rings. The molecule has 0 bridgehead atoms.